The summed E-state index contributed by atoms with van der Waals surface area (Å²) in [7, 11) is -2.48. The lowest BCUT2D eigenvalue weighted by atomic mass is 10.0. The molecule has 2 aromatic heterocycles. The molecule has 14 heteroatoms. The largest absolute Gasteiger partial charge is 0.453 e. The van der Waals surface area contributed by atoms with E-state index < -0.39 is 21.9 Å². The fourth-order valence-electron chi connectivity index (χ4n) is 3.24. The van der Waals surface area contributed by atoms with Crippen molar-refractivity contribution < 1.29 is 22.3 Å². The molecule has 0 saturated carbocycles. The van der Waals surface area contributed by atoms with Crippen LogP contribution in [-0.4, -0.2) is 60.2 Å². The van der Waals surface area contributed by atoms with Crippen molar-refractivity contribution in [2.45, 2.75) is 32.9 Å². The first-order chi connectivity index (χ1) is 16.9. The second-order valence-electron chi connectivity index (χ2n) is 8.34. The first kappa shape index (κ1) is 27.1. The molecule has 36 heavy (non-hydrogen) atoms. The topological polar surface area (TPSA) is 140 Å². The van der Waals surface area contributed by atoms with E-state index in [0.717, 1.165) is 6.26 Å². The number of rotatable bonds is 9. The standard InChI is InChI=1S/C22H27ClFN7O4S/c1-12(2)31-11-16(17-6-7-25-21(28-17)27-13(3)10-26-22(32)35-4)20(29-31)15-8-14(23)9-18(19(15)24)30-36(5,33)34/h6-9,11-13,30H,10H2,1-5H3,(H,26,32)(H,25,27,28). The summed E-state index contributed by atoms with van der Waals surface area (Å²) >= 11 is 6.20. The fraction of sp³-hybridized carbons (Fsp3) is 0.364. The third-order valence-corrected chi connectivity index (χ3v) is 5.70. The number of benzene rings is 1. The van der Waals surface area contributed by atoms with Crippen molar-refractivity contribution in [3.8, 4) is 22.5 Å². The van der Waals surface area contributed by atoms with Crippen molar-refractivity contribution >= 4 is 39.4 Å². The smallest absolute Gasteiger partial charge is 0.406 e. The third-order valence-electron chi connectivity index (χ3n) is 4.89. The summed E-state index contributed by atoms with van der Waals surface area (Å²) < 4.78 is 47.3. The van der Waals surface area contributed by atoms with Gasteiger partial charge in [-0.1, -0.05) is 11.6 Å². The average molecular weight is 540 g/mol. The number of nitrogens with one attached hydrogen (secondary N) is 3. The van der Waals surface area contributed by atoms with Crippen LogP contribution in [0.4, 0.5) is 20.8 Å². The van der Waals surface area contributed by atoms with Crippen LogP contribution in [0.1, 0.15) is 26.8 Å². The number of anilines is 2. The van der Waals surface area contributed by atoms with Gasteiger partial charge >= 0.3 is 6.09 Å². The predicted molar refractivity (Wildman–Crippen MR) is 136 cm³/mol. The normalized spacial score (nSPS) is 12.3. The third kappa shape index (κ3) is 6.82. The number of aromatic nitrogens is 4. The lowest BCUT2D eigenvalue weighted by Gasteiger charge is -2.14. The molecular formula is C22H27ClFN7O4S. The summed E-state index contributed by atoms with van der Waals surface area (Å²) in [6, 6.07) is 3.93. The van der Waals surface area contributed by atoms with Crippen molar-refractivity contribution in [2.24, 2.45) is 0 Å². The van der Waals surface area contributed by atoms with E-state index in [2.05, 4.69) is 35.2 Å². The zero-order valence-electron chi connectivity index (χ0n) is 20.3. The molecule has 0 aliphatic heterocycles. The van der Waals surface area contributed by atoms with Crippen molar-refractivity contribution in [3.05, 3.63) is 41.4 Å². The lowest BCUT2D eigenvalue weighted by Crippen LogP contribution is -2.34. The second-order valence-corrected chi connectivity index (χ2v) is 10.5. The van der Waals surface area contributed by atoms with Crippen LogP contribution in [-0.2, 0) is 14.8 Å². The van der Waals surface area contributed by atoms with Crippen LogP contribution in [0, 0.1) is 5.82 Å². The van der Waals surface area contributed by atoms with Crippen molar-refractivity contribution in [1.29, 1.82) is 0 Å². The van der Waals surface area contributed by atoms with Gasteiger partial charge in [-0.2, -0.15) is 5.10 Å². The molecule has 1 amide bonds. The number of ether oxygens (including phenoxy) is 1. The second kappa shape index (κ2) is 11.1. The van der Waals surface area contributed by atoms with E-state index in [1.807, 2.05) is 20.8 Å². The van der Waals surface area contributed by atoms with Crippen LogP contribution in [0.25, 0.3) is 22.5 Å². The Kier molecular flexibility index (Phi) is 8.35. The van der Waals surface area contributed by atoms with E-state index in [1.165, 1.54) is 25.4 Å². The minimum atomic E-state index is -3.75. The molecule has 0 spiro atoms. The van der Waals surface area contributed by atoms with E-state index in [-0.39, 0.29) is 46.5 Å². The van der Waals surface area contributed by atoms with Crippen molar-refractivity contribution in [1.82, 2.24) is 25.1 Å². The SMILES string of the molecule is COC(=O)NCC(C)Nc1nccc(-c2cn(C(C)C)nc2-c2cc(Cl)cc(NS(C)(=O)=O)c2F)n1. The van der Waals surface area contributed by atoms with Crippen LogP contribution in [0.3, 0.4) is 0 Å². The van der Waals surface area contributed by atoms with Crippen LogP contribution >= 0.6 is 11.6 Å². The first-order valence-electron chi connectivity index (χ1n) is 10.9. The van der Waals surface area contributed by atoms with Gasteiger partial charge in [0.1, 0.15) is 5.69 Å². The first-order valence-corrected chi connectivity index (χ1v) is 13.1. The summed E-state index contributed by atoms with van der Waals surface area (Å²) in [6.07, 6.45) is 3.62. The number of hydrogen-bond acceptors (Lipinski definition) is 8. The molecule has 0 aliphatic rings. The number of methoxy groups -OCH3 is 1. The molecule has 0 aliphatic carbocycles. The van der Waals surface area contributed by atoms with Gasteiger partial charge in [0.2, 0.25) is 16.0 Å². The predicted octanol–water partition coefficient (Wildman–Crippen LogP) is 3.91. The minimum Gasteiger partial charge on any atom is -0.453 e. The van der Waals surface area contributed by atoms with Gasteiger partial charge in [-0.3, -0.25) is 9.40 Å². The zero-order chi connectivity index (χ0) is 26.6. The van der Waals surface area contributed by atoms with E-state index in [1.54, 1.807) is 16.9 Å². The van der Waals surface area contributed by atoms with Gasteiger partial charge in [0.25, 0.3) is 0 Å². The molecule has 0 fully saturated rings. The number of nitrogens with zero attached hydrogens (tertiary/aromatic N) is 4. The van der Waals surface area contributed by atoms with Crippen LogP contribution in [0.2, 0.25) is 5.02 Å². The molecule has 194 valence electrons. The molecule has 3 aromatic rings. The molecule has 0 bridgehead atoms. The molecular weight excluding hydrogens is 513 g/mol. The Hall–Kier alpha value is -3.45. The number of sulfonamides is 1. The maximum atomic E-state index is 15.5. The fourth-order valence-corrected chi connectivity index (χ4v) is 4.00. The van der Waals surface area contributed by atoms with Crippen LogP contribution in [0.5, 0.6) is 0 Å². The Morgan fingerprint density at radius 1 is 1.25 bits per heavy atom. The Labute approximate surface area is 213 Å². The van der Waals surface area contributed by atoms with E-state index >= 15 is 4.39 Å². The summed E-state index contributed by atoms with van der Waals surface area (Å²) in [6.45, 7) is 5.91. The van der Waals surface area contributed by atoms with Gasteiger partial charge in [0, 0.05) is 47.2 Å². The van der Waals surface area contributed by atoms with Crippen LogP contribution in [0.15, 0.2) is 30.6 Å². The monoisotopic (exact) mass is 539 g/mol. The van der Waals surface area contributed by atoms with E-state index in [0.29, 0.717) is 11.3 Å². The highest BCUT2D eigenvalue weighted by Gasteiger charge is 2.22. The molecule has 1 unspecified atom stereocenters. The lowest BCUT2D eigenvalue weighted by molar-refractivity contribution is 0.170. The number of alkyl carbamates (subject to hydrolysis) is 1. The molecule has 11 nitrogen and oxygen atoms in total. The number of carbonyl (C=O) groups is 1. The summed E-state index contributed by atoms with van der Waals surface area (Å²) in [5.74, 6) is -0.545. The zero-order valence-corrected chi connectivity index (χ0v) is 21.9. The van der Waals surface area contributed by atoms with E-state index in [4.69, 9.17) is 11.6 Å². The van der Waals surface area contributed by atoms with Crippen molar-refractivity contribution in [2.75, 3.05) is 29.9 Å². The molecule has 3 N–H and O–H groups in total. The van der Waals surface area contributed by atoms with Gasteiger partial charge in [0.15, 0.2) is 5.82 Å². The van der Waals surface area contributed by atoms with Gasteiger partial charge in [0.05, 0.1) is 24.7 Å². The Morgan fingerprint density at radius 3 is 2.61 bits per heavy atom. The molecule has 0 radical (unpaired) electrons. The highest BCUT2D eigenvalue weighted by molar-refractivity contribution is 7.92. The number of carbonyl (C=O) groups excluding carboxylic acids is 1. The molecule has 3 rings (SSSR count). The van der Waals surface area contributed by atoms with Gasteiger partial charge in [-0.15, -0.1) is 0 Å². The Morgan fingerprint density at radius 2 is 1.97 bits per heavy atom. The summed E-state index contributed by atoms with van der Waals surface area (Å²) in [5, 5.41) is 10.3. The highest BCUT2D eigenvalue weighted by atomic mass is 35.5. The Bertz CT molecular complexity index is 1360. The summed E-state index contributed by atoms with van der Waals surface area (Å²) in [5.41, 5.74) is 0.875. The van der Waals surface area contributed by atoms with Gasteiger partial charge in [-0.25, -0.2) is 27.6 Å². The highest BCUT2D eigenvalue weighted by Crippen LogP contribution is 2.37. The minimum absolute atomic E-state index is 0.00631. The average Bonchev–Trinajstić information content (AvgIpc) is 3.24. The quantitative estimate of drug-likeness (QED) is 0.372. The maximum Gasteiger partial charge on any atom is 0.406 e. The van der Waals surface area contributed by atoms with Gasteiger partial charge in [-0.05, 0) is 39.0 Å². The summed E-state index contributed by atoms with van der Waals surface area (Å²) in [4.78, 5) is 20.1. The number of amides is 1. The van der Waals surface area contributed by atoms with E-state index in [9.17, 15) is 13.2 Å². The van der Waals surface area contributed by atoms with Crippen molar-refractivity contribution in [3.63, 3.8) is 0 Å². The van der Waals surface area contributed by atoms with Crippen LogP contribution < -0.4 is 15.4 Å². The number of halogens is 2. The van der Waals surface area contributed by atoms with Gasteiger partial charge < -0.3 is 15.4 Å². The number of hydrogen-bond donors (Lipinski definition) is 3. The maximum absolute atomic E-state index is 15.5. The Balaban J connectivity index is 2.04. The molecule has 1 atom stereocenters. The molecule has 1 aromatic carbocycles. The molecule has 2 heterocycles. The molecule has 0 saturated heterocycles.